The highest BCUT2D eigenvalue weighted by atomic mass is 32.2. The topological polar surface area (TPSA) is 29.1 Å². The Labute approximate surface area is 109 Å². The molecule has 0 bridgehead atoms. The lowest BCUT2D eigenvalue weighted by Gasteiger charge is -2.31. The first-order valence-corrected chi connectivity index (χ1v) is 8.30. The third-order valence-electron chi connectivity index (χ3n) is 4.29. The second kappa shape index (κ2) is 6.79. The summed E-state index contributed by atoms with van der Waals surface area (Å²) < 4.78 is 0. The van der Waals surface area contributed by atoms with E-state index in [2.05, 4.69) is 12.2 Å². The maximum absolute atomic E-state index is 12.4. The van der Waals surface area contributed by atoms with Crippen molar-refractivity contribution in [3.05, 3.63) is 0 Å². The van der Waals surface area contributed by atoms with E-state index in [9.17, 15) is 4.79 Å². The molecule has 2 aliphatic rings. The number of thioether (sulfide) groups is 1. The van der Waals surface area contributed by atoms with Gasteiger partial charge in [-0.05, 0) is 18.8 Å². The number of nitrogens with one attached hydrogen (secondary N) is 1. The molecule has 1 saturated carbocycles. The molecule has 0 aromatic carbocycles. The van der Waals surface area contributed by atoms with Gasteiger partial charge in [-0.1, -0.05) is 26.2 Å². The number of carbonyl (C=O) groups is 1. The summed E-state index contributed by atoms with van der Waals surface area (Å²) in [6, 6.07) is 0.445. The minimum Gasteiger partial charge on any atom is -0.312 e. The number of carbonyl (C=O) groups excluding carboxylic acids is 1. The Kier molecular flexibility index (Phi) is 5.36. The predicted molar refractivity (Wildman–Crippen MR) is 74.5 cm³/mol. The smallest absolute Gasteiger partial charge is 0.137 e. The molecule has 3 atom stereocenters. The molecular weight excluding hydrogens is 230 g/mol. The van der Waals surface area contributed by atoms with Crippen LogP contribution in [0.4, 0.5) is 0 Å². The zero-order valence-corrected chi connectivity index (χ0v) is 11.7. The minimum atomic E-state index is 0.377. The standard InChI is InChI=1S/C14H25NOS/c1-2-11-5-3-4-6-13(11)14(16)9-12-10-17-8-7-15-12/h11-13,15H,2-10H2,1H3. The predicted octanol–water partition coefficient (Wildman–Crippen LogP) is 2.87. The van der Waals surface area contributed by atoms with Crippen LogP contribution in [-0.2, 0) is 4.79 Å². The zero-order valence-electron chi connectivity index (χ0n) is 10.9. The highest BCUT2D eigenvalue weighted by Crippen LogP contribution is 2.33. The van der Waals surface area contributed by atoms with Crippen LogP contribution in [0.3, 0.4) is 0 Å². The van der Waals surface area contributed by atoms with E-state index in [1.54, 1.807) is 0 Å². The van der Waals surface area contributed by atoms with Crippen molar-refractivity contribution in [2.45, 2.75) is 51.5 Å². The minimum absolute atomic E-state index is 0.377. The van der Waals surface area contributed by atoms with Gasteiger partial charge in [-0.2, -0.15) is 11.8 Å². The SMILES string of the molecule is CCC1CCCCC1C(=O)CC1CSCCN1. The lowest BCUT2D eigenvalue weighted by atomic mass is 9.74. The molecule has 1 saturated heterocycles. The van der Waals surface area contributed by atoms with Crippen LogP contribution in [0.5, 0.6) is 0 Å². The lowest BCUT2D eigenvalue weighted by molar-refractivity contribution is -0.126. The van der Waals surface area contributed by atoms with E-state index < -0.39 is 0 Å². The van der Waals surface area contributed by atoms with Crippen LogP contribution >= 0.6 is 11.8 Å². The maximum Gasteiger partial charge on any atom is 0.137 e. The van der Waals surface area contributed by atoms with Crippen molar-refractivity contribution in [1.29, 1.82) is 0 Å². The van der Waals surface area contributed by atoms with Gasteiger partial charge in [0.15, 0.2) is 0 Å². The number of hydrogen-bond donors (Lipinski definition) is 1. The van der Waals surface area contributed by atoms with Crippen LogP contribution in [0.25, 0.3) is 0 Å². The van der Waals surface area contributed by atoms with Gasteiger partial charge in [-0.15, -0.1) is 0 Å². The molecular formula is C14H25NOS. The Morgan fingerprint density at radius 3 is 2.88 bits per heavy atom. The second-order valence-electron chi connectivity index (χ2n) is 5.46. The monoisotopic (exact) mass is 255 g/mol. The van der Waals surface area contributed by atoms with Crippen molar-refractivity contribution in [3.63, 3.8) is 0 Å². The van der Waals surface area contributed by atoms with Gasteiger partial charge in [0, 0.05) is 36.4 Å². The normalized spacial score (nSPS) is 34.5. The van der Waals surface area contributed by atoms with Crippen molar-refractivity contribution in [3.8, 4) is 0 Å². The van der Waals surface area contributed by atoms with Crippen LogP contribution < -0.4 is 5.32 Å². The Hall–Kier alpha value is -0.0200. The molecule has 0 aromatic rings. The molecule has 0 aromatic heterocycles. The van der Waals surface area contributed by atoms with Crippen LogP contribution in [0.1, 0.15) is 45.4 Å². The van der Waals surface area contributed by atoms with Gasteiger partial charge in [-0.3, -0.25) is 4.79 Å². The van der Waals surface area contributed by atoms with Crippen LogP contribution in [0.15, 0.2) is 0 Å². The molecule has 2 rings (SSSR count). The van der Waals surface area contributed by atoms with Crippen LogP contribution in [-0.4, -0.2) is 29.9 Å². The Morgan fingerprint density at radius 1 is 1.35 bits per heavy atom. The molecule has 0 spiro atoms. The summed E-state index contributed by atoms with van der Waals surface area (Å²) in [6.07, 6.45) is 6.98. The molecule has 3 heteroatoms. The molecule has 3 unspecified atom stereocenters. The summed E-state index contributed by atoms with van der Waals surface area (Å²) in [4.78, 5) is 12.4. The van der Waals surface area contributed by atoms with Gasteiger partial charge in [0.25, 0.3) is 0 Å². The molecule has 17 heavy (non-hydrogen) atoms. The van der Waals surface area contributed by atoms with Crippen LogP contribution in [0.2, 0.25) is 0 Å². The summed E-state index contributed by atoms with van der Waals surface area (Å²) >= 11 is 1.98. The van der Waals surface area contributed by atoms with Crippen LogP contribution in [0, 0.1) is 11.8 Å². The quantitative estimate of drug-likeness (QED) is 0.837. The fourth-order valence-corrected chi connectivity index (χ4v) is 4.21. The third kappa shape index (κ3) is 3.72. The van der Waals surface area contributed by atoms with Gasteiger partial charge in [0.05, 0.1) is 0 Å². The Morgan fingerprint density at radius 2 is 2.18 bits per heavy atom. The summed E-state index contributed by atoms with van der Waals surface area (Å²) in [5.74, 6) is 3.91. The van der Waals surface area contributed by atoms with Crippen molar-refractivity contribution in [2.24, 2.45) is 11.8 Å². The van der Waals surface area contributed by atoms with Crippen molar-refractivity contribution < 1.29 is 4.79 Å². The van der Waals surface area contributed by atoms with E-state index in [1.807, 2.05) is 11.8 Å². The largest absolute Gasteiger partial charge is 0.312 e. The van der Waals surface area contributed by atoms with Gasteiger partial charge < -0.3 is 5.32 Å². The van der Waals surface area contributed by atoms with Gasteiger partial charge in [0.2, 0.25) is 0 Å². The average molecular weight is 255 g/mol. The molecule has 98 valence electrons. The summed E-state index contributed by atoms with van der Waals surface area (Å²) in [7, 11) is 0. The number of hydrogen-bond acceptors (Lipinski definition) is 3. The Bertz CT molecular complexity index is 251. The van der Waals surface area contributed by atoms with E-state index >= 15 is 0 Å². The van der Waals surface area contributed by atoms with E-state index in [0.717, 1.165) is 25.1 Å². The molecule has 0 amide bonds. The van der Waals surface area contributed by atoms with Crippen molar-refractivity contribution >= 4 is 17.5 Å². The molecule has 1 aliphatic heterocycles. The first-order valence-electron chi connectivity index (χ1n) is 7.15. The third-order valence-corrected chi connectivity index (χ3v) is 5.42. The molecule has 2 fully saturated rings. The van der Waals surface area contributed by atoms with Gasteiger partial charge in [0.1, 0.15) is 5.78 Å². The molecule has 1 N–H and O–H groups in total. The molecule has 0 radical (unpaired) electrons. The number of rotatable bonds is 4. The average Bonchev–Trinajstić information content (AvgIpc) is 2.40. The zero-order chi connectivity index (χ0) is 12.1. The fraction of sp³-hybridized carbons (Fsp3) is 0.929. The second-order valence-corrected chi connectivity index (χ2v) is 6.61. The van der Waals surface area contributed by atoms with Gasteiger partial charge >= 0.3 is 0 Å². The Balaban J connectivity index is 1.84. The van der Waals surface area contributed by atoms with E-state index in [4.69, 9.17) is 0 Å². The number of ketones is 1. The highest BCUT2D eigenvalue weighted by molar-refractivity contribution is 7.99. The van der Waals surface area contributed by atoms with E-state index in [1.165, 1.54) is 31.4 Å². The summed E-state index contributed by atoms with van der Waals surface area (Å²) in [6.45, 7) is 3.31. The first-order chi connectivity index (χ1) is 8.31. The fourth-order valence-electron chi connectivity index (χ4n) is 3.27. The van der Waals surface area contributed by atoms with Crippen molar-refractivity contribution in [1.82, 2.24) is 5.32 Å². The van der Waals surface area contributed by atoms with E-state index in [-0.39, 0.29) is 0 Å². The molecule has 1 heterocycles. The van der Waals surface area contributed by atoms with Gasteiger partial charge in [-0.25, -0.2) is 0 Å². The molecule has 2 nitrogen and oxygen atoms in total. The first kappa shape index (κ1) is 13.4. The van der Waals surface area contributed by atoms with E-state index in [0.29, 0.717) is 23.7 Å². The van der Waals surface area contributed by atoms with Crippen molar-refractivity contribution in [2.75, 3.05) is 18.1 Å². The highest BCUT2D eigenvalue weighted by Gasteiger charge is 2.30. The maximum atomic E-state index is 12.4. The summed E-state index contributed by atoms with van der Waals surface area (Å²) in [5.41, 5.74) is 0. The summed E-state index contributed by atoms with van der Waals surface area (Å²) in [5, 5.41) is 3.48. The number of Topliss-reactive ketones (excluding diaryl/α,β-unsaturated/α-hetero) is 1. The lowest BCUT2D eigenvalue weighted by Crippen LogP contribution is -2.41. The molecule has 1 aliphatic carbocycles.